The molecule has 0 spiro atoms. The number of hydrogen-bond acceptors (Lipinski definition) is 5. The fraction of sp³-hybridized carbons (Fsp3) is 0.261. The van der Waals surface area contributed by atoms with Crippen molar-refractivity contribution < 1.29 is 19.1 Å². The zero-order chi connectivity index (χ0) is 21.7. The molecule has 0 atom stereocenters. The van der Waals surface area contributed by atoms with Crippen LogP contribution in [0.1, 0.15) is 37.7 Å². The molecule has 0 saturated heterocycles. The standard InChI is InChI=1S/C23H23BrN2O4/c1-15-10-21(22(27)14-30-23(28)18-11-19(24)13-25-12-18)16(2)26(15)9-8-17-4-6-20(29-3)7-5-17/h4-7,10-13H,8-9,14H2,1-3H3. The number of halogens is 1. The summed E-state index contributed by atoms with van der Waals surface area (Å²) >= 11 is 3.26. The molecule has 7 heteroatoms. The molecule has 0 aliphatic rings. The Kier molecular flexibility index (Phi) is 7.05. The van der Waals surface area contributed by atoms with Crippen molar-refractivity contribution in [1.82, 2.24) is 9.55 Å². The summed E-state index contributed by atoms with van der Waals surface area (Å²) in [6.07, 6.45) is 3.81. The van der Waals surface area contributed by atoms with E-state index in [4.69, 9.17) is 9.47 Å². The highest BCUT2D eigenvalue weighted by Gasteiger charge is 2.18. The van der Waals surface area contributed by atoms with Crippen molar-refractivity contribution in [2.45, 2.75) is 26.8 Å². The number of rotatable bonds is 8. The van der Waals surface area contributed by atoms with Gasteiger partial charge in [0.15, 0.2) is 6.61 Å². The number of ether oxygens (including phenoxy) is 2. The molecule has 0 fully saturated rings. The second-order valence-electron chi connectivity index (χ2n) is 6.93. The molecule has 0 aliphatic carbocycles. The van der Waals surface area contributed by atoms with Gasteiger partial charge in [0.05, 0.1) is 12.7 Å². The fourth-order valence-electron chi connectivity index (χ4n) is 3.28. The molecule has 0 aliphatic heterocycles. The Morgan fingerprint density at radius 1 is 1.10 bits per heavy atom. The monoisotopic (exact) mass is 470 g/mol. The minimum atomic E-state index is -0.578. The minimum Gasteiger partial charge on any atom is -0.497 e. The van der Waals surface area contributed by atoms with Crippen LogP contribution in [0.25, 0.3) is 0 Å². The lowest BCUT2D eigenvalue weighted by atomic mass is 10.1. The van der Waals surface area contributed by atoms with E-state index in [0.717, 1.165) is 30.1 Å². The number of carbonyl (C=O) groups is 2. The van der Waals surface area contributed by atoms with E-state index < -0.39 is 5.97 Å². The topological polar surface area (TPSA) is 70.4 Å². The molecule has 3 aromatic rings. The molecule has 156 valence electrons. The Balaban J connectivity index is 1.63. The van der Waals surface area contributed by atoms with Crippen LogP contribution in [0.15, 0.2) is 53.3 Å². The van der Waals surface area contributed by atoms with Gasteiger partial charge in [0.25, 0.3) is 0 Å². The van der Waals surface area contributed by atoms with Crippen molar-refractivity contribution in [3.8, 4) is 5.75 Å². The molecular formula is C23H23BrN2O4. The van der Waals surface area contributed by atoms with Crippen molar-refractivity contribution in [1.29, 1.82) is 0 Å². The Morgan fingerprint density at radius 3 is 2.50 bits per heavy atom. The summed E-state index contributed by atoms with van der Waals surface area (Å²) in [5.74, 6) is 0.0220. The highest BCUT2D eigenvalue weighted by molar-refractivity contribution is 9.10. The summed E-state index contributed by atoms with van der Waals surface area (Å²) in [7, 11) is 1.65. The van der Waals surface area contributed by atoms with Crippen LogP contribution in [0.4, 0.5) is 0 Å². The molecule has 30 heavy (non-hydrogen) atoms. The molecule has 0 N–H and O–H groups in total. The third kappa shape index (κ3) is 5.16. The lowest BCUT2D eigenvalue weighted by Crippen LogP contribution is -2.15. The number of ketones is 1. The van der Waals surface area contributed by atoms with Crippen LogP contribution in [0.2, 0.25) is 0 Å². The molecule has 1 aromatic carbocycles. The lowest BCUT2D eigenvalue weighted by molar-refractivity contribution is 0.0474. The van der Waals surface area contributed by atoms with Crippen LogP contribution in [-0.4, -0.2) is 35.0 Å². The average molecular weight is 471 g/mol. The molecule has 0 bridgehead atoms. The molecule has 3 rings (SSSR count). The van der Waals surface area contributed by atoms with Crippen LogP contribution >= 0.6 is 15.9 Å². The van der Waals surface area contributed by atoms with E-state index in [0.29, 0.717) is 15.6 Å². The van der Waals surface area contributed by atoms with Crippen LogP contribution in [0.3, 0.4) is 0 Å². The maximum absolute atomic E-state index is 12.6. The van der Waals surface area contributed by atoms with Crippen molar-refractivity contribution in [3.63, 3.8) is 0 Å². The maximum atomic E-state index is 12.6. The van der Waals surface area contributed by atoms with Gasteiger partial charge in [-0.25, -0.2) is 4.79 Å². The molecule has 0 unspecified atom stereocenters. The van der Waals surface area contributed by atoms with Gasteiger partial charge in [0.2, 0.25) is 5.78 Å². The van der Waals surface area contributed by atoms with E-state index >= 15 is 0 Å². The van der Waals surface area contributed by atoms with E-state index in [1.807, 2.05) is 44.2 Å². The van der Waals surface area contributed by atoms with Gasteiger partial charge in [-0.15, -0.1) is 0 Å². The predicted molar refractivity (Wildman–Crippen MR) is 117 cm³/mol. The first-order chi connectivity index (χ1) is 14.4. The first kappa shape index (κ1) is 21.8. The van der Waals surface area contributed by atoms with Crippen LogP contribution in [0.5, 0.6) is 5.75 Å². The Bertz CT molecular complexity index is 1060. The van der Waals surface area contributed by atoms with Crippen molar-refractivity contribution in [2.24, 2.45) is 0 Å². The number of esters is 1. The first-order valence-electron chi connectivity index (χ1n) is 9.49. The van der Waals surface area contributed by atoms with Crippen LogP contribution in [-0.2, 0) is 17.7 Å². The quantitative estimate of drug-likeness (QED) is 0.356. The maximum Gasteiger partial charge on any atom is 0.340 e. The second kappa shape index (κ2) is 9.71. The average Bonchev–Trinajstić information content (AvgIpc) is 3.04. The van der Waals surface area contributed by atoms with Gasteiger partial charge in [-0.1, -0.05) is 12.1 Å². The van der Waals surface area contributed by atoms with Gasteiger partial charge in [-0.3, -0.25) is 9.78 Å². The summed E-state index contributed by atoms with van der Waals surface area (Å²) < 4.78 is 13.2. The molecule has 2 heterocycles. The van der Waals surface area contributed by atoms with E-state index in [9.17, 15) is 9.59 Å². The predicted octanol–water partition coefficient (Wildman–Crippen LogP) is 4.55. The summed E-state index contributed by atoms with van der Waals surface area (Å²) in [6.45, 7) is 4.32. The van der Waals surface area contributed by atoms with Crippen LogP contribution < -0.4 is 4.74 Å². The number of Topliss-reactive ketones (excluding diaryl/α,β-unsaturated/α-hetero) is 1. The molecule has 0 radical (unpaired) electrons. The third-order valence-corrected chi connectivity index (χ3v) is 5.37. The van der Waals surface area contributed by atoms with Gasteiger partial charge in [-0.2, -0.15) is 0 Å². The van der Waals surface area contributed by atoms with Crippen molar-refractivity contribution >= 4 is 27.7 Å². The number of pyridine rings is 1. The third-order valence-electron chi connectivity index (χ3n) is 4.93. The summed E-state index contributed by atoms with van der Waals surface area (Å²) in [5, 5.41) is 0. The largest absolute Gasteiger partial charge is 0.497 e. The minimum absolute atomic E-state index is 0.227. The summed E-state index contributed by atoms with van der Waals surface area (Å²) in [4.78, 5) is 28.7. The summed E-state index contributed by atoms with van der Waals surface area (Å²) in [5.41, 5.74) is 3.91. The van der Waals surface area contributed by atoms with Crippen molar-refractivity contribution in [3.05, 3.63) is 81.3 Å². The molecule has 0 amide bonds. The van der Waals surface area contributed by atoms with E-state index in [1.54, 1.807) is 19.4 Å². The normalized spacial score (nSPS) is 10.7. The second-order valence-corrected chi connectivity index (χ2v) is 7.84. The number of benzene rings is 1. The Hall–Kier alpha value is -2.93. The highest BCUT2D eigenvalue weighted by atomic mass is 79.9. The molecule has 2 aromatic heterocycles. The number of hydrogen-bond donors (Lipinski definition) is 0. The zero-order valence-corrected chi connectivity index (χ0v) is 18.7. The smallest absolute Gasteiger partial charge is 0.340 e. The van der Waals surface area contributed by atoms with E-state index in [-0.39, 0.29) is 12.4 Å². The molecule has 0 saturated carbocycles. The lowest BCUT2D eigenvalue weighted by Gasteiger charge is -2.10. The number of nitrogens with zero attached hydrogens (tertiary/aromatic N) is 2. The number of aryl methyl sites for hydroxylation is 2. The first-order valence-corrected chi connectivity index (χ1v) is 10.3. The SMILES string of the molecule is COc1ccc(CCn2c(C)cc(C(=O)COC(=O)c3cncc(Br)c3)c2C)cc1. The Morgan fingerprint density at radius 2 is 1.83 bits per heavy atom. The van der Waals surface area contributed by atoms with Gasteiger partial charge >= 0.3 is 5.97 Å². The van der Waals surface area contributed by atoms with Gasteiger partial charge < -0.3 is 14.0 Å². The van der Waals surface area contributed by atoms with Gasteiger partial charge in [0.1, 0.15) is 5.75 Å². The van der Waals surface area contributed by atoms with Crippen molar-refractivity contribution in [2.75, 3.05) is 13.7 Å². The highest BCUT2D eigenvalue weighted by Crippen LogP contribution is 2.18. The van der Waals surface area contributed by atoms with E-state index in [1.165, 1.54) is 11.8 Å². The fourth-order valence-corrected chi connectivity index (χ4v) is 3.64. The van der Waals surface area contributed by atoms with Gasteiger partial charge in [-0.05, 0) is 66.0 Å². The Labute approximate surface area is 184 Å². The number of carbonyl (C=O) groups excluding carboxylic acids is 2. The van der Waals surface area contributed by atoms with E-state index in [2.05, 4.69) is 25.5 Å². The number of methoxy groups -OCH3 is 1. The summed E-state index contributed by atoms with van der Waals surface area (Å²) in [6, 6.07) is 11.4. The van der Waals surface area contributed by atoms with Gasteiger partial charge in [0, 0.05) is 40.4 Å². The molecular weight excluding hydrogens is 448 g/mol. The zero-order valence-electron chi connectivity index (χ0n) is 17.1. The number of aromatic nitrogens is 2. The molecule has 6 nitrogen and oxygen atoms in total. The van der Waals surface area contributed by atoms with Crippen LogP contribution in [0, 0.1) is 13.8 Å².